The molecule has 0 aliphatic carbocycles. The fourth-order valence-electron chi connectivity index (χ4n) is 2.37. The quantitative estimate of drug-likeness (QED) is 0.786. The molecule has 0 atom stereocenters. The largest absolute Gasteiger partial charge is 0.315 e. The molecule has 20 heavy (non-hydrogen) atoms. The van der Waals surface area contributed by atoms with Gasteiger partial charge in [-0.1, -0.05) is 32.0 Å². The minimum absolute atomic E-state index is 0.104. The van der Waals surface area contributed by atoms with E-state index in [0.29, 0.717) is 0 Å². The summed E-state index contributed by atoms with van der Waals surface area (Å²) in [6.45, 7) is 7.09. The number of hydrogen-bond donors (Lipinski definition) is 1. The Kier molecular flexibility index (Phi) is 5.36. The van der Waals surface area contributed by atoms with Gasteiger partial charge in [-0.05, 0) is 42.8 Å². The third kappa shape index (κ3) is 3.94. The monoisotopic (exact) mass is 272 g/mol. The van der Waals surface area contributed by atoms with Gasteiger partial charge in [0.05, 0.1) is 0 Å². The zero-order valence-electron chi connectivity index (χ0n) is 12.4. The van der Waals surface area contributed by atoms with Crippen molar-refractivity contribution in [3.05, 3.63) is 46.9 Å². The highest BCUT2D eigenvalue weighted by Crippen LogP contribution is 2.07. The number of nitrogens with zero attached hydrogens (tertiary/aromatic N) is 1. The SMILES string of the molecule is CC(C)CCCNCCn1ccc2ccccc2c1=O. The highest BCUT2D eigenvalue weighted by atomic mass is 16.1. The van der Waals surface area contributed by atoms with Crippen molar-refractivity contribution in [3.8, 4) is 0 Å². The van der Waals surface area contributed by atoms with Gasteiger partial charge in [0.15, 0.2) is 0 Å². The lowest BCUT2D eigenvalue weighted by Gasteiger charge is -2.09. The van der Waals surface area contributed by atoms with Crippen LogP contribution in [-0.2, 0) is 6.54 Å². The molecule has 3 heteroatoms. The molecular weight excluding hydrogens is 248 g/mol. The lowest BCUT2D eigenvalue weighted by Crippen LogP contribution is -2.27. The summed E-state index contributed by atoms with van der Waals surface area (Å²) in [5, 5.41) is 5.22. The summed E-state index contributed by atoms with van der Waals surface area (Å²) in [5.41, 5.74) is 0.104. The molecule has 1 aromatic heterocycles. The van der Waals surface area contributed by atoms with Crippen LogP contribution in [0.5, 0.6) is 0 Å². The summed E-state index contributed by atoms with van der Waals surface area (Å²) in [7, 11) is 0. The van der Waals surface area contributed by atoms with E-state index >= 15 is 0 Å². The van der Waals surface area contributed by atoms with Gasteiger partial charge in [-0.25, -0.2) is 0 Å². The molecule has 0 unspecified atom stereocenters. The van der Waals surface area contributed by atoms with Crippen molar-refractivity contribution >= 4 is 10.8 Å². The Morgan fingerprint density at radius 1 is 1.15 bits per heavy atom. The first-order valence-corrected chi connectivity index (χ1v) is 7.47. The maximum atomic E-state index is 12.3. The van der Waals surface area contributed by atoms with Gasteiger partial charge in [0, 0.05) is 24.7 Å². The second-order valence-electron chi connectivity index (χ2n) is 5.69. The van der Waals surface area contributed by atoms with E-state index in [1.54, 1.807) is 4.57 Å². The van der Waals surface area contributed by atoms with E-state index in [0.717, 1.165) is 36.3 Å². The molecule has 0 spiro atoms. The molecule has 2 aromatic rings. The third-order valence-electron chi connectivity index (χ3n) is 3.55. The van der Waals surface area contributed by atoms with Crippen LogP contribution in [0.15, 0.2) is 41.3 Å². The van der Waals surface area contributed by atoms with Gasteiger partial charge in [0.25, 0.3) is 5.56 Å². The first kappa shape index (κ1) is 14.8. The average molecular weight is 272 g/mol. The zero-order chi connectivity index (χ0) is 14.4. The molecule has 108 valence electrons. The molecule has 0 saturated heterocycles. The molecule has 0 aliphatic rings. The topological polar surface area (TPSA) is 34.0 Å². The Morgan fingerprint density at radius 2 is 1.95 bits per heavy atom. The second kappa shape index (κ2) is 7.25. The minimum atomic E-state index is 0.104. The Bertz CT molecular complexity index is 601. The maximum absolute atomic E-state index is 12.3. The van der Waals surface area contributed by atoms with Crippen LogP contribution in [0, 0.1) is 5.92 Å². The van der Waals surface area contributed by atoms with Crippen LogP contribution in [0.3, 0.4) is 0 Å². The highest BCUT2D eigenvalue weighted by molar-refractivity contribution is 5.81. The van der Waals surface area contributed by atoms with Gasteiger partial charge < -0.3 is 9.88 Å². The van der Waals surface area contributed by atoms with Crippen LogP contribution in [0.1, 0.15) is 26.7 Å². The van der Waals surface area contributed by atoms with E-state index in [1.807, 2.05) is 36.5 Å². The van der Waals surface area contributed by atoms with Crippen LogP contribution in [0.2, 0.25) is 0 Å². The molecular formula is C17H24N2O. The van der Waals surface area contributed by atoms with Crippen molar-refractivity contribution in [2.75, 3.05) is 13.1 Å². The van der Waals surface area contributed by atoms with Gasteiger partial charge in [-0.3, -0.25) is 4.79 Å². The lowest BCUT2D eigenvalue weighted by atomic mass is 10.1. The van der Waals surface area contributed by atoms with Gasteiger partial charge in [0.2, 0.25) is 0 Å². The Hall–Kier alpha value is -1.61. The third-order valence-corrected chi connectivity index (χ3v) is 3.55. The van der Waals surface area contributed by atoms with Crippen LogP contribution >= 0.6 is 0 Å². The molecule has 0 aliphatic heterocycles. The van der Waals surface area contributed by atoms with E-state index in [-0.39, 0.29) is 5.56 Å². The van der Waals surface area contributed by atoms with Crippen LogP contribution in [-0.4, -0.2) is 17.7 Å². The normalized spacial score (nSPS) is 11.3. The van der Waals surface area contributed by atoms with E-state index in [4.69, 9.17) is 0 Å². The van der Waals surface area contributed by atoms with Gasteiger partial charge in [-0.2, -0.15) is 0 Å². The first-order valence-electron chi connectivity index (χ1n) is 7.47. The average Bonchev–Trinajstić information content (AvgIpc) is 2.45. The number of benzene rings is 1. The first-order chi connectivity index (χ1) is 9.68. The van der Waals surface area contributed by atoms with Gasteiger partial charge >= 0.3 is 0 Å². The number of rotatable bonds is 7. The van der Waals surface area contributed by atoms with Crippen molar-refractivity contribution in [1.82, 2.24) is 9.88 Å². The second-order valence-corrected chi connectivity index (χ2v) is 5.69. The van der Waals surface area contributed by atoms with Crippen LogP contribution in [0.4, 0.5) is 0 Å². The molecule has 1 N–H and O–H groups in total. The summed E-state index contributed by atoms with van der Waals surface area (Å²) in [6, 6.07) is 9.76. The molecule has 0 saturated carbocycles. The van der Waals surface area contributed by atoms with E-state index < -0.39 is 0 Å². The fraction of sp³-hybridized carbons (Fsp3) is 0.471. The zero-order valence-corrected chi connectivity index (χ0v) is 12.4. The molecule has 0 amide bonds. The number of aromatic nitrogens is 1. The van der Waals surface area contributed by atoms with Crippen molar-refractivity contribution in [2.24, 2.45) is 5.92 Å². The number of nitrogens with one attached hydrogen (secondary N) is 1. The number of pyridine rings is 1. The molecule has 1 aromatic carbocycles. The van der Waals surface area contributed by atoms with Crippen LogP contribution < -0.4 is 10.9 Å². The Balaban J connectivity index is 1.87. The molecule has 3 nitrogen and oxygen atoms in total. The van der Waals surface area contributed by atoms with Crippen LogP contribution in [0.25, 0.3) is 10.8 Å². The molecule has 0 radical (unpaired) electrons. The van der Waals surface area contributed by atoms with Gasteiger partial charge in [-0.15, -0.1) is 0 Å². The maximum Gasteiger partial charge on any atom is 0.258 e. The molecule has 2 rings (SSSR count). The standard InChI is InChI=1S/C17H24N2O/c1-14(2)6-5-10-18-11-13-19-12-9-15-7-3-4-8-16(15)17(19)20/h3-4,7-9,12,14,18H,5-6,10-11,13H2,1-2H3. The smallest absolute Gasteiger partial charge is 0.258 e. The summed E-state index contributed by atoms with van der Waals surface area (Å²) in [6.07, 6.45) is 4.34. The summed E-state index contributed by atoms with van der Waals surface area (Å²) in [5.74, 6) is 0.764. The van der Waals surface area contributed by atoms with Crippen molar-refractivity contribution < 1.29 is 0 Å². The fourth-order valence-corrected chi connectivity index (χ4v) is 2.37. The van der Waals surface area contributed by atoms with E-state index in [2.05, 4.69) is 19.2 Å². The van der Waals surface area contributed by atoms with Crippen molar-refractivity contribution in [1.29, 1.82) is 0 Å². The molecule has 1 heterocycles. The minimum Gasteiger partial charge on any atom is -0.315 e. The van der Waals surface area contributed by atoms with E-state index in [1.165, 1.54) is 12.8 Å². The predicted octanol–water partition coefficient (Wildman–Crippen LogP) is 3.03. The Morgan fingerprint density at radius 3 is 2.75 bits per heavy atom. The van der Waals surface area contributed by atoms with Crippen molar-refractivity contribution in [3.63, 3.8) is 0 Å². The van der Waals surface area contributed by atoms with Gasteiger partial charge in [0.1, 0.15) is 0 Å². The highest BCUT2D eigenvalue weighted by Gasteiger charge is 2.01. The predicted molar refractivity (Wildman–Crippen MR) is 85.1 cm³/mol. The number of hydrogen-bond acceptors (Lipinski definition) is 2. The summed E-state index contributed by atoms with van der Waals surface area (Å²) in [4.78, 5) is 12.3. The molecule has 0 fully saturated rings. The summed E-state index contributed by atoms with van der Waals surface area (Å²) >= 11 is 0. The van der Waals surface area contributed by atoms with Crippen molar-refractivity contribution in [2.45, 2.75) is 33.2 Å². The summed E-state index contributed by atoms with van der Waals surface area (Å²) < 4.78 is 1.79. The Labute approximate surface area is 120 Å². The molecule has 0 bridgehead atoms. The lowest BCUT2D eigenvalue weighted by molar-refractivity contribution is 0.513. The number of fused-ring (bicyclic) bond motifs is 1. The van der Waals surface area contributed by atoms with E-state index in [9.17, 15) is 4.79 Å².